The monoisotopic (exact) mass is 303 g/mol. The van der Waals surface area contributed by atoms with Crippen LogP contribution in [0.25, 0.3) is 0 Å². The second-order valence-corrected chi connectivity index (χ2v) is 5.72. The Hall–Kier alpha value is -1.17. The van der Waals surface area contributed by atoms with E-state index in [4.69, 9.17) is 17.3 Å². The highest BCUT2D eigenvalue weighted by atomic mass is 35.5. The van der Waals surface area contributed by atoms with Gasteiger partial charge in [0, 0.05) is 4.88 Å². The predicted molar refractivity (Wildman–Crippen MR) is 73.2 cm³/mol. The zero-order valence-corrected chi connectivity index (χ0v) is 11.6. The zero-order valence-electron chi connectivity index (χ0n) is 10.1. The molecule has 0 fully saturated rings. The van der Waals surface area contributed by atoms with Crippen molar-refractivity contribution in [2.75, 3.05) is 0 Å². The summed E-state index contributed by atoms with van der Waals surface area (Å²) in [6.07, 6.45) is 0. The van der Waals surface area contributed by atoms with Crippen LogP contribution in [0.5, 0.6) is 5.75 Å². The summed E-state index contributed by atoms with van der Waals surface area (Å²) in [6, 6.07) is 7.88. The molecule has 102 valence electrons. The van der Waals surface area contributed by atoms with Gasteiger partial charge in [-0.25, -0.2) is 0 Å². The minimum Gasteiger partial charge on any atom is -0.435 e. The lowest BCUT2D eigenvalue weighted by Crippen LogP contribution is -2.10. The Kier molecular flexibility index (Phi) is 4.39. The standard InChI is InChI=1S/C13H12ClF2NOS/c1-7-5-10(19-12(7)14)11(17)8-3-2-4-9(6-8)18-13(15)16/h2-6,11,13H,17H2,1H3. The molecule has 1 aromatic heterocycles. The number of ether oxygens (including phenoxy) is 1. The molecule has 2 N–H and O–H groups in total. The Morgan fingerprint density at radius 3 is 2.63 bits per heavy atom. The van der Waals surface area contributed by atoms with E-state index in [0.29, 0.717) is 9.90 Å². The first kappa shape index (κ1) is 14.2. The average molecular weight is 304 g/mol. The molecule has 0 saturated heterocycles. The summed E-state index contributed by atoms with van der Waals surface area (Å²) in [6.45, 7) is -0.948. The molecule has 0 amide bonds. The van der Waals surface area contributed by atoms with Crippen molar-refractivity contribution in [1.29, 1.82) is 0 Å². The van der Waals surface area contributed by atoms with Gasteiger partial charge in [0.1, 0.15) is 5.75 Å². The van der Waals surface area contributed by atoms with E-state index in [1.54, 1.807) is 12.1 Å². The largest absolute Gasteiger partial charge is 0.435 e. The molecule has 1 atom stereocenters. The summed E-state index contributed by atoms with van der Waals surface area (Å²) in [7, 11) is 0. The van der Waals surface area contributed by atoms with Gasteiger partial charge in [0.25, 0.3) is 0 Å². The van der Waals surface area contributed by atoms with Crippen LogP contribution >= 0.6 is 22.9 Å². The Morgan fingerprint density at radius 2 is 2.05 bits per heavy atom. The highest BCUT2D eigenvalue weighted by molar-refractivity contribution is 7.16. The summed E-state index contributed by atoms with van der Waals surface area (Å²) >= 11 is 7.39. The van der Waals surface area contributed by atoms with Crippen LogP contribution < -0.4 is 10.5 Å². The molecule has 0 aliphatic heterocycles. The van der Waals surface area contributed by atoms with E-state index >= 15 is 0 Å². The number of thiophene rings is 1. The molecule has 6 heteroatoms. The maximum atomic E-state index is 12.2. The molecule has 0 spiro atoms. The number of halogens is 3. The fourth-order valence-electron chi connectivity index (χ4n) is 1.69. The van der Waals surface area contributed by atoms with Crippen LogP contribution in [-0.2, 0) is 0 Å². The minimum atomic E-state index is -2.84. The lowest BCUT2D eigenvalue weighted by atomic mass is 10.1. The molecular formula is C13H12ClF2NOS. The number of hydrogen-bond donors (Lipinski definition) is 1. The van der Waals surface area contributed by atoms with Crippen molar-refractivity contribution in [3.63, 3.8) is 0 Å². The van der Waals surface area contributed by atoms with E-state index in [2.05, 4.69) is 4.74 Å². The zero-order chi connectivity index (χ0) is 14.0. The summed E-state index contributed by atoms with van der Waals surface area (Å²) in [5.41, 5.74) is 7.77. The Morgan fingerprint density at radius 1 is 1.32 bits per heavy atom. The molecule has 1 heterocycles. The first-order valence-corrected chi connectivity index (χ1v) is 6.73. The summed E-state index contributed by atoms with van der Waals surface area (Å²) < 4.78 is 29.4. The lowest BCUT2D eigenvalue weighted by Gasteiger charge is -2.12. The number of aryl methyl sites for hydroxylation is 1. The van der Waals surface area contributed by atoms with Gasteiger partial charge in [0.05, 0.1) is 10.4 Å². The lowest BCUT2D eigenvalue weighted by molar-refractivity contribution is -0.0498. The summed E-state index contributed by atoms with van der Waals surface area (Å²) in [5, 5.41) is 0. The molecule has 2 aromatic rings. The van der Waals surface area contributed by atoms with Crippen LogP contribution in [-0.4, -0.2) is 6.61 Å². The van der Waals surface area contributed by atoms with Crippen LogP contribution in [0.15, 0.2) is 30.3 Å². The molecule has 1 aromatic carbocycles. The van der Waals surface area contributed by atoms with E-state index in [0.717, 1.165) is 10.4 Å². The van der Waals surface area contributed by atoms with E-state index < -0.39 is 12.7 Å². The number of nitrogens with two attached hydrogens (primary N) is 1. The second kappa shape index (κ2) is 5.86. The van der Waals surface area contributed by atoms with Gasteiger partial charge in [-0.3, -0.25) is 0 Å². The third-order valence-electron chi connectivity index (χ3n) is 2.63. The van der Waals surface area contributed by atoms with Crippen molar-refractivity contribution in [2.45, 2.75) is 19.6 Å². The number of rotatable bonds is 4. The van der Waals surface area contributed by atoms with Crippen LogP contribution in [0.3, 0.4) is 0 Å². The van der Waals surface area contributed by atoms with Gasteiger partial charge in [0.2, 0.25) is 0 Å². The fraction of sp³-hybridized carbons (Fsp3) is 0.231. The van der Waals surface area contributed by atoms with E-state index in [9.17, 15) is 8.78 Å². The Balaban J connectivity index is 2.25. The number of hydrogen-bond acceptors (Lipinski definition) is 3. The van der Waals surface area contributed by atoms with Gasteiger partial charge in [0.15, 0.2) is 0 Å². The van der Waals surface area contributed by atoms with Crippen LogP contribution in [0.1, 0.15) is 22.0 Å². The quantitative estimate of drug-likeness (QED) is 0.911. The topological polar surface area (TPSA) is 35.2 Å². The molecule has 0 saturated carbocycles. The maximum absolute atomic E-state index is 12.2. The van der Waals surface area contributed by atoms with Gasteiger partial charge in [-0.05, 0) is 36.2 Å². The number of alkyl halides is 2. The van der Waals surface area contributed by atoms with Crippen LogP contribution in [0.2, 0.25) is 4.34 Å². The van der Waals surface area contributed by atoms with Crippen molar-refractivity contribution in [3.05, 3.63) is 50.7 Å². The van der Waals surface area contributed by atoms with Gasteiger partial charge < -0.3 is 10.5 Å². The van der Waals surface area contributed by atoms with E-state index in [-0.39, 0.29) is 5.75 Å². The van der Waals surface area contributed by atoms with Gasteiger partial charge in [-0.2, -0.15) is 8.78 Å². The number of benzene rings is 1. The van der Waals surface area contributed by atoms with E-state index in [1.165, 1.54) is 23.5 Å². The average Bonchev–Trinajstić information content (AvgIpc) is 2.68. The van der Waals surface area contributed by atoms with Crippen molar-refractivity contribution in [3.8, 4) is 5.75 Å². The van der Waals surface area contributed by atoms with Crippen molar-refractivity contribution in [2.24, 2.45) is 5.73 Å². The molecule has 0 radical (unpaired) electrons. The molecule has 2 rings (SSSR count). The highest BCUT2D eigenvalue weighted by Gasteiger charge is 2.14. The molecule has 19 heavy (non-hydrogen) atoms. The van der Waals surface area contributed by atoms with Crippen molar-refractivity contribution >= 4 is 22.9 Å². The molecule has 0 bridgehead atoms. The minimum absolute atomic E-state index is 0.0994. The second-order valence-electron chi connectivity index (χ2n) is 4.03. The third-order valence-corrected chi connectivity index (χ3v) is 4.26. The Bertz CT molecular complexity index is 554. The Labute approximate surface area is 118 Å². The summed E-state index contributed by atoms with van der Waals surface area (Å²) in [4.78, 5) is 0.886. The highest BCUT2D eigenvalue weighted by Crippen LogP contribution is 2.33. The third kappa shape index (κ3) is 3.43. The maximum Gasteiger partial charge on any atom is 0.387 e. The SMILES string of the molecule is Cc1cc(C(N)c2cccc(OC(F)F)c2)sc1Cl. The molecule has 0 aliphatic rings. The molecule has 0 aliphatic carbocycles. The van der Waals surface area contributed by atoms with Crippen LogP contribution in [0, 0.1) is 6.92 Å². The smallest absolute Gasteiger partial charge is 0.387 e. The predicted octanol–water partition coefficient (Wildman–Crippen LogP) is 4.36. The van der Waals surface area contributed by atoms with Gasteiger partial charge in [-0.15, -0.1) is 11.3 Å². The molecule has 1 unspecified atom stereocenters. The normalized spacial score (nSPS) is 12.7. The van der Waals surface area contributed by atoms with Crippen molar-refractivity contribution in [1.82, 2.24) is 0 Å². The van der Waals surface area contributed by atoms with Gasteiger partial charge in [-0.1, -0.05) is 23.7 Å². The molecular weight excluding hydrogens is 292 g/mol. The van der Waals surface area contributed by atoms with E-state index in [1.807, 2.05) is 13.0 Å². The van der Waals surface area contributed by atoms with Gasteiger partial charge >= 0.3 is 6.61 Å². The summed E-state index contributed by atoms with van der Waals surface area (Å²) in [5.74, 6) is 0.0994. The fourth-order valence-corrected chi connectivity index (χ4v) is 2.93. The first-order chi connectivity index (χ1) is 8.97. The van der Waals surface area contributed by atoms with Crippen molar-refractivity contribution < 1.29 is 13.5 Å². The molecule has 2 nitrogen and oxygen atoms in total. The first-order valence-electron chi connectivity index (χ1n) is 5.53. The van der Waals surface area contributed by atoms with Crippen LogP contribution in [0.4, 0.5) is 8.78 Å².